The molecule has 0 unspecified atom stereocenters. The normalized spacial score (nSPS) is 10.4. The van der Waals surface area contributed by atoms with E-state index in [9.17, 15) is 4.79 Å². The molecular weight excluding hydrogens is 362 g/mol. The molecule has 2 N–H and O–H groups in total. The fraction of sp³-hybridized carbons (Fsp3) is 0.150. The Labute approximate surface area is 163 Å². The van der Waals surface area contributed by atoms with E-state index in [1.165, 1.54) is 0 Å². The van der Waals surface area contributed by atoms with Crippen LogP contribution in [-0.2, 0) is 0 Å². The Bertz CT molecular complexity index is 940. The highest BCUT2D eigenvalue weighted by Crippen LogP contribution is 2.23. The van der Waals surface area contributed by atoms with Gasteiger partial charge in [0.15, 0.2) is 11.5 Å². The molecule has 138 valence electrons. The van der Waals surface area contributed by atoms with Crippen molar-refractivity contribution in [3.05, 3.63) is 70.9 Å². The minimum atomic E-state index is -0.338. The number of halogens is 1. The van der Waals surface area contributed by atoms with E-state index < -0.39 is 0 Å². The van der Waals surface area contributed by atoms with Crippen molar-refractivity contribution in [3.63, 3.8) is 0 Å². The second-order valence-electron chi connectivity index (χ2n) is 6.24. The molecule has 27 heavy (non-hydrogen) atoms. The third-order valence-corrected chi connectivity index (χ3v) is 4.48. The molecule has 7 heteroatoms. The van der Waals surface area contributed by atoms with Crippen molar-refractivity contribution < 1.29 is 4.79 Å². The fourth-order valence-corrected chi connectivity index (χ4v) is 2.61. The molecule has 0 aliphatic rings. The molecule has 3 aromatic rings. The van der Waals surface area contributed by atoms with Crippen LogP contribution in [0.1, 0.15) is 16.1 Å². The first-order valence-electron chi connectivity index (χ1n) is 8.38. The quantitative estimate of drug-likeness (QED) is 0.680. The highest BCUT2D eigenvalue weighted by Gasteiger charge is 2.11. The van der Waals surface area contributed by atoms with Crippen molar-refractivity contribution in [2.75, 3.05) is 29.6 Å². The summed E-state index contributed by atoms with van der Waals surface area (Å²) in [5.41, 5.74) is 3.68. The van der Waals surface area contributed by atoms with Crippen LogP contribution in [0.2, 0.25) is 5.02 Å². The molecule has 0 fully saturated rings. The predicted octanol–water partition coefficient (Wildman–Crippen LogP) is 4.50. The molecule has 0 spiro atoms. The molecule has 2 aromatic carbocycles. The van der Waals surface area contributed by atoms with Gasteiger partial charge in [-0.05, 0) is 61.0 Å². The number of nitrogens with zero attached hydrogens (tertiary/aromatic N) is 3. The van der Waals surface area contributed by atoms with E-state index in [0.717, 1.165) is 16.9 Å². The van der Waals surface area contributed by atoms with Gasteiger partial charge in [0.25, 0.3) is 5.91 Å². The number of carbonyl (C=O) groups is 1. The van der Waals surface area contributed by atoms with Gasteiger partial charge in [0.1, 0.15) is 0 Å². The zero-order chi connectivity index (χ0) is 19.4. The van der Waals surface area contributed by atoms with Crippen LogP contribution in [0.25, 0.3) is 0 Å². The summed E-state index contributed by atoms with van der Waals surface area (Å²) in [5, 5.41) is 14.6. The van der Waals surface area contributed by atoms with Gasteiger partial charge in [-0.15, -0.1) is 10.2 Å². The Kier molecular flexibility index (Phi) is 5.57. The summed E-state index contributed by atoms with van der Waals surface area (Å²) in [7, 11) is 3.98. The highest BCUT2D eigenvalue weighted by atomic mass is 35.5. The lowest BCUT2D eigenvalue weighted by Crippen LogP contribution is -2.15. The second kappa shape index (κ2) is 8.05. The molecule has 0 atom stereocenters. The summed E-state index contributed by atoms with van der Waals surface area (Å²) >= 11 is 6.08. The molecule has 0 saturated carbocycles. The summed E-state index contributed by atoms with van der Waals surface area (Å²) in [5.74, 6) is 0.220. The minimum Gasteiger partial charge on any atom is -0.378 e. The van der Waals surface area contributed by atoms with Gasteiger partial charge in [-0.3, -0.25) is 4.79 Å². The van der Waals surface area contributed by atoms with Crippen molar-refractivity contribution in [1.82, 2.24) is 10.2 Å². The van der Waals surface area contributed by atoms with E-state index in [1.54, 1.807) is 30.3 Å². The Morgan fingerprint density at radius 1 is 1.00 bits per heavy atom. The average molecular weight is 382 g/mol. The van der Waals surface area contributed by atoms with E-state index >= 15 is 0 Å². The Balaban J connectivity index is 1.67. The van der Waals surface area contributed by atoms with Crippen molar-refractivity contribution in [3.8, 4) is 0 Å². The topological polar surface area (TPSA) is 70.2 Å². The van der Waals surface area contributed by atoms with Crippen molar-refractivity contribution in [2.24, 2.45) is 0 Å². The van der Waals surface area contributed by atoms with Crippen LogP contribution in [0.3, 0.4) is 0 Å². The molecule has 0 radical (unpaired) electrons. The van der Waals surface area contributed by atoms with Gasteiger partial charge in [-0.2, -0.15) is 0 Å². The summed E-state index contributed by atoms with van der Waals surface area (Å²) in [4.78, 5) is 14.4. The summed E-state index contributed by atoms with van der Waals surface area (Å²) < 4.78 is 0. The standard InChI is InChI=1S/C20H20ClN5O/c1-13-16(21)5-4-6-17(13)23-20(27)18-11-12-19(25-24-18)22-14-7-9-15(10-8-14)26(2)3/h4-12H,1-3H3,(H,22,25)(H,23,27). The zero-order valence-electron chi connectivity index (χ0n) is 15.3. The molecular formula is C20H20ClN5O. The highest BCUT2D eigenvalue weighted by molar-refractivity contribution is 6.31. The molecule has 1 aromatic heterocycles. The average Bonchev–Trinajstić information content (AvgIpc) is 2.66. The maximum atomic E-state index is 12.4. The second-order valence-corrected chi connectivity index (χ2v) is 6.64. The molecule has 0 aliphatic carbocycles. The van der Waals surface area contributed by atoms with Gasteiger partial charge >= 0.3 is 0 Å². The van der Waals surface area contributed by atoms with Crippen LogP contribution in [0.4, 0.5) is 22.9 Å². The molecule has 0 bridgehead atoms. The Morgan fingerprint density at radius 2 is 1.74 bits per heavy atom. The van der Waals surface area contributed by atoms with Gasteiger partial charge in [0.2, 0.25) is 0 Å². The minimum absolute atomic E-state index is 0.225. The van der Waals surface area contributed by atoms with Crippen molar-refractivity contribution in [1.29, 1.82) is 0 Å². The maximum absolute atomic E-state index is 12.4. The lowest BCUT2D eigenvalue weighted by molar-refractivity contribution is 0.102. The largest absolute Gasteiger partial charge is 0.378 e. The number of anilines is 4. The van der Waals surface area contributed by atoms with Crippen LogP contribution >= 0.6 is 11.6 Å². The van der Waals surface area contributed by atoms with Crippen LogP contribution < -0.4 is 15.5 Å². The number of rotatable bonds is 5. The van der Waals surface area contributed by atoms with Crippen LogP contribution in [0.5, 0.6) is 0 Å². The third kappa shape index (κ3) is 4.54. The molecule has 0 aliphatic heterocycles. The fourth-order valence-electron chi connectivity index (χ4n) is 2.44. The maximum Gasteiger partial charge on any atom is 0.276 e. The monoisotopic (exact) mass is 381 g/mol. The third-order valence-electron chi connectivity index (χ3n) is 4.07. The van der Waals surface area contributed by atoms with Crippen LogP contribution in [0, 0.1) is 6.92 Å². The van der Waals surface area contributed by atoms with Gasteiger partial charge < -0.3 is 15.5 Å². The van der Waals surface area contributed by atoms with Gasteiger partial charge in [-0.25, -0.2) is 0 Å². The molecule has 6 nitrogen and oxygen atoms in total. The van der Waals surface area contributed by atoms with E-state index in [0.29, 0.717) is 16.5 Å². The number of nitrogens with one attached hydrogen (secondary N) is 2. The first-order valence-corrected chi connectivity index (χ1v) is 8.76. The Morgan fingerprint density at radius 3 is 2.37 bits per heavy atom. The van der Waals surface area contributed by atoms with Gasteiger partial charge in [0.05, 0.1) is 0 Å². The number of hydrogen-bond acceptors (Lipinski definition) is 5. The lowest BCUT2D eigenvalue weighted by Gasteiger charge is -2.13. The van der Waals surface area contributed by atoms with Gasteiger partial charge in [0, 0.05) is 36.2 Å². The number of aromatic nitrogens is 2. The van der Waals surface area contributed by atoms with E-state index in [1.807, 2.05) is 50.2 Å². The SMILES string of the molecule is Cc1c(Cl)cccc1NC(=O)c1ccc(Nc2ccc(N(C)C)cc2)nn1. The number of benzene rings is 2. The first-order chi connectivity index (χ1) is 12.9. The molecule has 1 heterocycles. The zero-order valence-corrected chi connectivity index (χ0v) is 16.1. The summed E-state index contributed by atoms with van der Waals surface area (Å²) in [6.45, 7) is 1.85. The smallest absolute Gasteiger partial charge is 0.276 e. The van der Waals surface area contributed by atoms with Crippen LogP contribution in [0.15, 0.2) is 54.6 Å². The van der Waals surface area contributed by atoms with E-state index in [-0.39, 0.29) is 11.6 Å². The van der Waals surface area contributed by atoms with Crippen molar-refractivity contribution >= 4 is 40.4 Å². The lowest BCUT2D eigenvalue weighted by atomic mass is 10.2. The predicted molar refractivity (Wildman–Crippen MR) is 110 cm³/mol. The summed E-state index contributed by atoms with van der Waals surface area (Å²) in [6.07, 6.45) is 0. The first kappa shape index (κ1) is 18.7. The summed E-state index contributed by atoms with van der Waals surface area (Å²) in [6, 6.07) is 16.6. The molecule has 0 saturated heterocycles. The number of carbonyl (C=O) groups excluding carboxylic acids is 1. The molecule has 1 amide bonds. The number of hydrogen-bond donors (Lipinski definition) is 2. The Hall–Kier alpha value is -3.12. The number of amides is 1. The van der Waals surface area contributed by atoms with E-state index in [2.05, 4.69) is 20.8 Å². The molecule has 3 rings (SSSR count). The van der Waals surface area contributed by atoms with Gasteiger partial charge in [-0.1, -0.05) is 17.7 Å². The van der Waals surface area contributed by atoms with E-state index in [4.69, 9.17) is 11.6 Å². The van der Waals surface area contributed by atoms with Crippen LogP contribution in [-0.4, -0.2) is 30.2 Å². The van der Waals surface area contributed by atoms with Crippen molar-refractivity contribution in [2.45, 2.75) is 6.92 Å².